The lowest BCUT2D eigenvalue weighted by molar-refractivity contribution is 0.485. The molecule has 0 aliphatic carbocycles. The van der Waals surface area contributed by atoms with E-state index in [1.54, 1.807) is 12.1 Å². The fraction of sp³-hybridized carbons (Fsp3) is 0.273. The van der Waals surface area contributed by atoms with E-state index >= 15 is 0 Å². The molecule has 15 heavy (non-hydrogen) atoms. The minimum Gasteiger partial charge on any atom is -0.309 e. The van der Waals surface area contributed by atoms with Gasteiger partial charge in [0.2, 0.25) is 0 Å². The molecular formula is C11H14FN3. The summed E-state index contributed by atoms with van der Waals surface area (Å²) in [6, 6.07) is 6.27. The average Bonchev–Trinajstić information content (AvgIpc) is 2.41. The first-order chi connectivity index (χ1) is 6.98. The van der Waals surface area contributed by atoms with Crippen molar-refractivity contribution in [2.24, 2.45) is 5.73 Å². The summed E-state index contributed by atoms with van der Waals surface area (Å²) < 4.78 is 12.7. The maximum Gasteiger partial charge on any atom is 0.123 e. The van der Waals surface area contributed by atoms with Crippen molar-refractivity contribution in [1.29, 1.82) is 0 Å². The van der Waals surface area contributed by atoms with Gasteiger partial charge in [-0.05, 0) is 44.2 Å². The summed E-state index contributed by atoms with van der Waals surface area (Å²) in [6.07, 6.45) is 1.93. The van der Waals surface area contributed by atoms with Crippen LogP contribution in [0, 0.1) is 5.82 Å². The summed E-state index contributed by atoms with van der Waals surface area (Å²) >= 11 is 0. The summed E-state index contributed by atoms with van der Waals surface area (Å²) in [5.74, 6) is -0.241. The van der Waals surface area contributed by atoms with Gasteiger partial charge in [-0.1, -0.05) is 0 Å². The normalized spacial score (nSPS) is 25.6. The molecule has 1 unspecified atom stereocenters. The first-order valence-corrected chi connectivity index (χ1v) is 4.80. The van der Waals surface area contributed by atoms with E-state index in [1.807, 2.05) is 24.9 Å². The third-order valence-corrected chi connectivity index (χ3v) is 2.30. The minimum atomic E-state index is -0.543. The fourth-order valence-electron chi connectivity index (χ4n) is 1.72. The molecule has 0 aromatic heterocycles. The van der Waals surface area contributed by atoms with Crippen molar-refractivity contribution in [3.63, 3.8) is 0 Å². The number of hydrogen-bond acceptors (Lipinski definition) is 3. The molecule has 1 aromatic carbocycles. The lowest BCUT2D eigenvalue weighted by Crippen LogP contribution is -2.51. The van der Waals surface area contributed by atoms with Crippen molar-refractivity contribution in [3.05, 3.63) is 41.9 Å². The van der Waals surface area contributed by atoms with Crippen LogP contribution in [0.4, 0.5) is 10.1 Å². The van der Waals surface area contributed by atoms with Gasteiger partial charge in [-0.2, -0.15) is 0 Å². The van der Waals surface area contributed by atoms with Crippen molar-refractivity contribution in [3.8, 4) is 0 Å². The SMILES string of the molecule is CC1=CC(C)(N)NN1c1ccc(F)cc1. The first kappa shape index (κ1) is 10.1. The number of nitrogens with two attached hydrogens (primary N) is 1. The Morgan fingerprint density at radius 1 is 1.33 bits per heavy atom. The number of halogens is 1. The van der Waals surface area contributed by atoms with Crippen LogP contribution in [0.2, 0.25) is 0 Å². The van der Waals surface area contributed by atoms with Gasteiger partial charge in [0.25, 0.3) is 0 Å². The predicted octanol–water partition coefficient (Wildman–Crippen LogP) is 1.73. The third-order valence-electron chi connectivity index (χ3n) is 2.30. The smallest absolute Gasteiger partial charge is 0.123 e. The van der Waals surface area contributed by atoms with Crippen LogP contribution in [0.15, 0.2) is 36.0 Å². The van der Waals surface area contributed by atoms with Gasteiger partial charge >= 0.3 is 0 Å². The second-order valence-electron chi connectivity index (χ2n) is 3.99. The maximum atomic E-state index is 12.7. The third kappa shape index (κ3) is 2.00. The highest BCUT2D eigenvalue weighted by molar-refractivity contribution is 5.53. The van der Waals surface area contributed by atoms with Gasteiger partial charge in [0, 0.05) is 5.70 Å². The van der Waals surface area contributed by atoms with Crippen molar-refractivity contribution < 1.29 is 4.39 Å². The molecule has 0 saturated carbocycles. The second kappa shape index (κ2) is 3.32. The molecule has 1 heterocycles. The standard InChI is InChI=1S/C11H14FN3/c1-8-7-11(2,13)14-15(8)10-5-3-9(12)4-6-10/h3-7,14H,13H2,1-2H3. The average molecular weight is 207 g/mol. The quantitative estimate of drug-likeness (QED) is 0.737. The van der Waals surface area contributed by atoms with Crippen LogP contribution in [0.1, 0.15) is 13.8 Å². The Balaban J connectivity index is 2.27. The van der Waals surface area contributed by atoms with Crippen molar-refractivity contribution >= 4 is 5.69 Å². The second-order valence-corrected chi connectivity index (χ2v) is 3.99. The molecule has 0 spiro atoms. The molecular weight excluding hydrogens is 193 g/mol. The molecule has 1 aliphatic rings. The summed E-state index contributed by atoms with van der Waals surface area (Å²) in [5, 5.41) is 1.85. The molecule has 1 aromatic rings. The molecule has 3 N–H and O–H groups in total. The number of nitrogens with one attached hydrogen (secondary N) is 1. The van der Waals surface area contributed by atoms with Gasteiger partial charge in [-0.25, -0.2) is 9.82 Å². The molecule has 0 saturated heterocycles. The van der Waals surface area contributed by atoms with Crippen LogP contribution < -0.4 is 16.2 Å². The first-order valence-electron chi connectivity index (χ1n) is 4.80. The lowest BCUT2D eigenvalue weighted by Gasteiger charge is -2.25. The Morgan fingerprint density at radius 2 is 1.93 bits per heavy atom. The molecule has 1 aliphatic heterocycles. The van der Waals surface area contributed by atoms with E-state index in [0.29, 0.717) is 0 Å². The van der Waals surface area contributed by atoms with Crippen LogP contribution in [0.25, 0.3) is 0 Å². The van der Waals surface area contributed by atoms with Gasteiger partial charge in [0.05, 0.1) is 5.69 Å². The lowest BCUT2D eigenvalue weighted by atomic mass is 10.2. The largest absolute Gasteiger partial charge is 0.309 e. The summed E-state index contributed by atoms with van der Waals surface area (Å²) in [7, 11) is 0. The molecule has 0 bridgehead atoms. The Hall–Kier alpha value is -1.39. The summed E-state index contributed by atoms with van der Waals surface area (Å²) in [4.78, 5) is 0. The van der Waals surface area contributed by atoms with E-state index in [-0.39, 0.29) is 5.82 Å². The molecule has 80 valence electrons. The maximum absolute atomic E-state index is 12.7. The van der Waals surface area contributed by atoms with Gasteiger partial charge in [-0.3, -0.25) is 5.01 Å². The zero-order valence-electron chi connectivity index (χ0n) is 8.79. The zero-order valence-corrected chi connectivity index (χ0v) is 8.79. The van der Waals surface area contributed by atoms with Crippen LogP contribution in [-0.4, -0.2) is 5.66 Å². The Kier molecular flexibility index (Phi) is 2.25. The zero-order chi connectivity index (χ0) is 11.1. The Labute approximate surface area is 88.3 Å². The monoisotopic (exact) mass is 207 g/mol. The van der Waals surface area contributed by atoms with E-state index in [4.69, 9.17) is 5.73 Å². The van der Waals surface area contributed by atoms with Crippen LogP contribution in [-0.2, 0) is 0 Å². The van der Waals surface area contributed by atoms with Gasteiger partial charge in [-0.15, -0.1) is 0 Å². The molecule has 1 atom stereocenters. The summed E-state index contributed by atoms with van der Waals surface area (Å²) in [6.45, 7) is 3.83. The van der Waals surface area contributed by atoms with E-state index in [0.717, 1.165) is 11.4 Å². The molecule has 0 amide bonds. The summed E-state index contributed by atoms with van der Waals surface area (Å²) in [5.41, 5.74) is 10.4. The van der Waals surface area contributed by atoms with Crippen molar-refractivity contribution in [2.45, 2.75) is 19.5 Å². The molecule has 2 rings (SSSR count). The number of rotatable bonds is 1. The number of hydrogen-bond donors (Lipinski definition) is 2. The molecule has 0 fully saturated rings. The Morgan fingerprint density at radius 3 is 2.40 bits per heavy atom. The number of hydrazine groups is 1. The van der Waals surface area contributed by atoms with E-state index in [9.17, 15) is 4.39 Å². The van der Waals surface area contributed by atoms with E-state index in [1.165, 1.54) is 12.1 Å². The highest BCUT2D eigenvalue weighted by Crippen LogP contribution is 2.24. The van der Waals surface area contributed by atoms with Gasteiger partial charge < -0.3 is 5.73 Å². The van der Waals surface area contributed by atoms with Crippen LogP contribution in [0.3, 0.4) is 0 Å². The van der Waals surface area contributed by atoms with Crippen molar-refractivity contribution in [1.82, 2.24) is 5.43 Å². The molecule has 3 nitrogen and oxygen atoms in total. The van der Waals surface area contributed by atoms with Crippen LogP contribution >= 0.6 is 0 Å². The Bertz CT molecular complexity index is 395. The highest BCUT2D eigenvalue weighted by atomic mass is 19.1. The number of benzene rings is 1. The number of anilines is 1. The van der Waals surface area contributed by atoms with Crippen LogP contribution in [0.5, 0.6) is 0 Å². The van der Waals surface area contributed by atoms with E-state index < -0.39 is 5.66 Å². The highest BCUT2D eigenvalue weighted by Gasteiger charge is 2.27. The fourth-order valence-corrected chi connectivity index (χ4v) is 1.72. The molecule has 4 heteroatoms. The number of nitrogens with zero attached hydrogens (tertiary/aromatic N) is 1. The minimum absolute atomic E-state index is 0.241. The number of allylic oxidation sites excluding steroid dienone is 1. The van der Waals surface area contributed by atoms with Gasteiger partial charge in [0.1, 0.15) is 11.5 Å². The van der Waals surface area contributed by atoms with Crippen molar-refractivity contribution in [2.75, 3.05) is 5.01 Å². The predicted molar refractivity (Wildman–Crippen MR) is 58.4 cm³/mol. The van der Waals surface area contributed by atoms with Gasteiger partial charge in [0.15, 0.2) is 0 Å². The topological polar surface area (TPSA) is 41.3 Å². The molecule has 0 radical (unpaired) electrons. The van der Waals surface area contributed by atoms with E-state index in [2.05, 4.69) is 5.43 Å².